The average Bonchev–Trinajstić information content (AvgIpc) is 3.16. The van der Waals surface area contributed by atoms with Crippen LogP contribution in [0.3, 0.4) is 0 Å². The molecule has 0 spiro atoms. The minimum absolute atomic E-state index is 0.175. The maximum absolute atomic E-state index is 6.28. The zero-order valence-corrected chi connectivity index (χ0v) is 15.3. The van der Waals surface area contributed by atoms with Crippen molar-refractivity contribution in [2.24, 2.45) is 11.8 Å². The van der Waals surface area contributed by atoms with Gasteiger partial charge in [-0.1, -0.05) is 36.7 Å². The molecule has 5 atom stereocenters. The second kappa shape index (κ2) is 6.60. The number of fused-ring (bicyclic) bond motifs is 2. The van der Waals surface area contributed by atoms with Crippen LogP contribution in [0.2, 0.25) is 10.2 Å². The van der Waals surface area contributed by atoms with Gasteiger partial charge in [-0.25, -0.2) is 4.98 Å². The SMILES string of the molecule is C=C(Nc1cnc(Cl)c(Cl)c1)C1C2CC(C)C(O2)C1c1ccncc1. The molecule has 2 aromatic rings. The summed E-state index contributed by atoms with van der Waals surface area (Å²) in [6, 6.07) is 5.91. The number of nitrogens with one attached hydrogen (secondary N) is 1. The Morgan fingerprint density at radius 2 is 2.08 bits per heavy atom. The molecule has 0 saturated carbocycles. The summed E-state index contributed by atoms with van der Waals surface area (Å²) in [6.45, 7) is 6.55. The first-order valence-corrected chi connectivity index (χ1v) is 9.12. The van der Waals surface area contributed by atoms with Gasteiger partial charge in [-0.2, -0.15) is 0 Å². The highest BCUT2D eigenvalue weighted by Gasteiger charge is 2.53. The molecule has 4 nitrogen and oxygen atoms in total. The zero-order valence-electron chi connectivity index (χ0n) is 13.8. The van der Waals surface area contributed by atoms with Gasteiger partial charge in [0.05, 0.1) is 29.1 Å². The summed E-state index contributed by atoms with van der Waals surface area (Å²) in [7, 11) is 0. The van der Waals surface area contributed by atoms with Crippen molar-refractivity contribution in [1.82, 2.24) is 9.97 Å². The number of pyridine rings is 2. The lowest BCUT2D eigenvalue weighted by Crippen LogP contribution is -2.33. The molecule has 2 saturated heterocycles. The molecule has 1 N–H and O–H groups in total. The number of aromatic nitrogens is 2. The van der Waals surface area contributed by atoms with Crippen molar-refractivity contribution in [1.29, 1.82) is 0 Å². The van der Waals surface area contributed by atoms with Gasteiger partial charge in [-0.15, -0.1) is 0 Å². The fourth-order valence-electron chi connectivity index (χ4n) is 4.18. The maximum atomic E-state index is 6.28. The number of hydrogen-bond donors (Lipinski definition) is 1. The van der Waals surface area contributed by atoms with E-state index in [-0.39, 0.29) is 24.0 Å². The van der Waals surface area contributed by atoms with E-state index in [0.717, 1.165) is 17.8 Å². The molecule has 0 radical (unpaired) electrons. The molecule has 0 amide bonds. The van der Waals surface area contributed by atoms with E-state index in [1.165, 1.54) is 5.56 Å². The minimum Gasteiger partial charge on any atom is -0.373 e. The van der Waals surface area contributed by atoms with Crippen molar-refractivity contribution >= 4 is 28.9 Å². The van der Waals surface area contributed by atoms with E-state index in [0.29, 0.717) is 16.1 Å². The second-order valence-corrected chi connectivity index (χ2v) is 7.60. The summed E-state index contributed by atoms with van der Waals surface area (Å²) in [4.78, 5) is 8.23. The highest BCUT2D eigenvalue weighted by Crippen LogP contribution is 2.53. The van der Waals surface area contributed by atoms with Crippen LogP contribution in [-0.2, 0) is 4.74 Å². The Balaban J connectivity index is 1.61. The third-order valence-corrected chi connectivity index (χ3v) is 5.92. The van der Waals surface area contributed by atoms with Crippen molar-refractivity contribution in [2.75, 3.05) is 5.32 Å². The first kappa shape index (κ1) is 16.8. The van der Waals surface area contributed by atoms with Crippen molar-refractivity contribution in [2.45, 2.75) is 31.5 Å². The molecule has 2 aliphatic rings. The quantitative estimate of drug-likeness (QED) is 0.770. The zero-order chi connectivity index (χ0) is 17.6. The maximum Gasteiger partial charge on any atom is 0.147 e. The summed E-state index contributed by atoms with van der Waals surface area (Å²) in [5.74, 6) is 1.00. The first-order valence-electron chi connectivity index (χ1n) is 8.37. The number of rotatable bonds is 4. The Morgan fingerprint density at radius 1 is 1.32 bits per heavy atom. The Hall–Kier alpha value is -1.62. The predicted molar refractivity (Wildman–Crippen MR) is 99.9 cm³/mol. The van der Waals surface area contributed by atoms with E-state index >= 15 is 0 Å². The van der Waals surface area contributed by atoms with E-state index < -0.39 is 0 Å². The minimum atomic E-state index is 0.175. The van der Waals surface area contributed by atoms with E-state index in [9.17, 15) is 0 Å². The molecular formula is C19H19Cl2N3O. The second-order valence-electron chi connectivity index (χ2n) is 6.83. The van der Waals surface area contributed by atoms with Crippen LogP contribution < -0.4 is 5.32 Å². The lowest BCUT2D eigenvalue weighted by atomic mass is 9.70. The number of ether oxygens (including phenoxy) is 1. The summed E-state index contributed by atoms with van der Waals surface area (Å²) in [5.41, 5.74) is 2.94. The molecule has 2 bridgehead atoms. The highest BCUT2D eigenvalue weighted by molar-refractivity contribution is 6.41. The third kappa shape index (κ3) is 3.03. The van der Waals surface area contributed by atoms with Crippen LogP contribution >= 0.6 is 23.2 Å². The lowest BCUT2D eigenvalue weighted by Gasteiger charge is -2.33. The van der Waals surface area contributed by atoms with Crippen molar-refractivity contribution in [3.05, 3.63) is 64.8 Å². The molecule has 0 aliphatic carbocycles. The number of hydrogen-bond acceptors (Lipinski definition) is 4. The third-order valence-electron chi connectivity index (χ3n) is 5.23. The molecule has 2 aliphatic heterocycles. The Labute approximate surface area is 157 Å². The molecule has 4 rings (SSSR count). The predicted octanol–water partition coefficient (Wildman–Crippen LogP) is 4.92. The molecule has 6 heteroatoms. The van der Waals surface area contributed by atoms with E-state index in [1.807, 2.05) is 12.4 Å². The molecular weight excluding hydrogens is 357 g/mol. The summed E-state index contributed by atoms with van der Waals surface area (Å²) < 4.78 is 6.28. The van der Waals surface area contributed by atoms with Crippen LogP contribution in [0.4, 0.5) is 5.69 Å². The van der Waals surface area contributed by atoms with Crippen LogP contribution in [0.15, 0.2) is 49.1 Å². The van der Waals surface area contributed by atoms with Gasteiger partial charge >= 0.3 is 0 Å². The first-order chi connectivity index (χ1) is 12.0. The average molecular weight is 376 g/mol. The van der Waals surface area contributed by atoms with E-state index in [4.69, 9.17) is 27.9 Å². The van der Waals surface area contributed by atoms with Gasteiger partial charge < -0.3 is 10.1 Å². The topological polar surface area (TPSA) is 47.0 Å². The molecule has 4 heterocycles. The van der Waals surface area contributed by atoms with Gasteiger partial charge in [0.1, 0.15) is 5.15 Å². The van der Waals surface area contributed by atoms with Gasteiger partial charge in [0.25, 0.3) is 0 Å². The molecule has 2 aromatic heterocycles. The monoisotopic (exact) mass is 375 g/mol. The number of anilines is 1. The fourth-order valence-corrected chi connectivity index (χ4v) is 4.45. The van der Waals surface area contributed by atoms with Gasteiger partial charge in [0.2, 0.25) is 0 Å². The van der Waals surface area contributed by atoms with Crippen LogP contribution in [-0.4, -0.2) is 22.2 Å². The van der Waals surface area contributed by atoms with Crippen LogP contribution in [0.1, 0.15) is 24.8 Å². The van der Waals surface area contributed by atoms with Crippen molar-refractivity contribution < 1.29 is 4.74 Å². The lowest BCUT2D eigenvalue weighted by molar-refractivity contribution is 0.0855. The van der Waals surface area contributed by atoms with Crippen LogP contribution in [0.5, 0.6) is 0 Å². The van der Waals surface area contributed by atoms with Gasteiger partial charge in [-0.3, -0.25) is 4.98 Å². The smallest absolute Gasteiger partial charge is 0.147 e. The summed E-state index contributed by atoms with van der Waals surface area (Å²) in [6.07, 6.45) is 6.77. The Bertz CT molecular complexity index is 799. The Kier molecular flexibility index (Phi) is 4.44. The molecule has 25 heavy (non-hydrogen) atoms. The standard InChI is InChI=1S/C19H19Cl2N3O/c1-10-7-15-16(11(2)24-13-8-14(20)19(21)23-9-13)17(18(10)25-15)12-3-5-22-6-4-12/h3-6,8-10,15-18,24H,2,7H2,1H3. The largest absolute Gasteiger partial charge is 0.373 e. The van der Waals surface area contributed by atoms with Crippen LogP contribution in [0, 0.1) is 11.8 Å². The number of nitrogens with zero attached hydrogens (tertiary/aromatic N) is 2. The van der Waals surface area contributed by atoms with E-state index in [1.54, 1.807) is 12.3 Å². The molecule has 2 fully saturated rings. The van der Waals surface area contributed by atoms with E-state index in [2.05, 4.69) is 40.9 Å². The normalized spacial score (nSPS) is 30.4. The Morgan fingerprint density at radius 3 is 2.80 bits per heavy atom. The van der Waals surface area contributed by atoms with Gasteiger partial charge in [-0.05, 0) is 36.1 Å². The summed E-state index contributed by atoms with van der Waals surface area (Å²) in [5, 5.41) is 4.07. The summed E-state index contributed by atoms with van der Waals surface area (Å²) >= 11 is 12.0. The molecule has 0 aromatic carbocycles. The van der Waals surface area contributed by atoms with Crippen molar-refractivity contribution in [3.63, 3.8) is 0 Å². The van der Waals surface area contributed by atoms with Crippen molar-refractivity contribution in [3.8, 4) is 0 Å². The van der Waals surface area contributed by atoms with Gasteiger partial charge in [0, 0.05) is 29.9 Å². The molecule has 130 valence electrons. The van der Waals surface area contributed by atoms with Crippen LogP contribution in [0.25, 0.3) is 0 Å². The van der Waals surface area contributed by atoms with Gasteiger partial charge in [0.15, 0.2) is 0 Å². The fraction of sp³-hybridized carbons (Fsp3) is 0.368. The molecule has 5 unspecified atom stereocenters. The number of halogens is 2. The highest BCUT2D eigenvalue weighted by atomic mass is 35.5.